The van der Waals surface area contributed by atoms with Crippen molar-refractivity contribution in [3.05, 3.63) is 51.2 Å². The van der Waals surface area contributed by atoms with Crippen LogP contribution >= 0.6 is 34.7 Å². The smallest absolute Gasteiger partial charge is 0.0931 e. The van der Waals surface area contributed by atoms with Crippen molar-refractivity contribution in [1.82, 2.24) is 5.43 Å². The van der Waals surface area contributed by atoms with Gasteiger partial charge in [0, 0.05) is 16.2 Å². The van der Waals surface area contributed by atoms with Crippen molar-refractivity contribution < 1.29 is 0 Å². The van der Waals surface area contributed by atoms with Crippen LogP contribution in [0.1, 0.15) is 16.5 Å². The summed E-state index contributed by atoms with van der Waals surface area (Å²) in [5.74, 6) is 5.70. The highest BCUT2D eigenvalue weighted by atomic mass is 35.5. The van der Waals surface area contributed by atoms with Crippen LogP contribution in [-0.2, 0) is 6.42 Å². The SMILES string of the molecule is CSc1ccccc1C(Cc1ccc(Cl)s1)NN. The summed E-state index contributed by atoms with van der Waals surface area (Å²) in [4.78, 5) is 2.49. The number of halogens is 1. The molecule has 0 saturated carbocycles. The molecule has 2 aromatic rings. The van der Waals surface area contributed by atoms with Gasteiger partial charge < -0.3 is 0 Å². The van der Waals surface area contributed by atoms with Crippen molar-refractivity contribution in [3.8, 4) is 0 Å². The van der Waals surface area contributed by atoms with Gasteiger partial charge in [-0.2, -0.15) is 0 Å². The molecule has 1 unspecified atom stereocenters. The molecule has 0 fully saturated rings. The predicted molar refractivity (Wildman–Crippen MR) is 81.3 cm³/mol. The summed E-state index contributed by atoms with van der Waals surface area (Å²) in [5, 5.41) is 0. The second-order valence-electron chi connectivity index (χ2n) is 3.87. The molecular formula is C13H15ClN2S2. The van der Waals surface area contributed by atoms with Gasteiger partial charge in [-0.15, -0.1) is 23.1 Å². The molecule has 0 aliphatic rings. The number of hydrogen-bond donors (Lipinski definition) is 2. The number of nitrogens with two attached hydrogens (primary N) is 1. The third kappa shape index (κ3) is 3.28. The van der Waals surface area contributed by atoms with Gasteiger partial charge in [0.2, 0.25) is 0 Å². The van der Waals surface area contributed by atoms with Crippen LogP contribution in [0.3, 0.4) is 0 Å². The number of nitrogens with one attached hydrogen (secondary N) is 1. The van der Waals surface area contributed by atoms with Crippen molar-refractivity contribution in [3.63, 3.8) is 0 Å². The van der Waals surface area contributed by atoms with Gasteiger partial charge in [-0.3, -0.25) is 11.3 Å². The molecule has 0 spiro atoms. The molecule has 18 heavy (non-hydrogen) atoms. The van der Waals surface area contributed by atoms with E-state index in [1.807, 2.05) is 18.2 Å². The average molecular weight is 299 g/mol. The average Bonchev–Trinajstić information content (AvgIpc) is 2.81. The zero-order valence-corrected chi connectivity index (χ0v) is 12.4. The van der Waals surface area contributed by atoms with E-state index in [9.17, 15) is 0 Å². The minimum absolute atomic E-state index is 0.114. The summed E-state index contributed by atoms with van der Waals surface area (Å²) >= 11 is 9.29. The van der Waals surface area contributed by atoms with E-state index >= 15 is 0 Å². The predicted octanol–water partition coefficient (Wildman–Crippen LogP) is 3.87. The number of thiophene rings is 1. The summed E-state index contributed by atoms with van der Waals surface area (Å²) in [6.45, 7) is 0. The van der Waals surface area contributed by atoms with E-state index in [2.05, 4.69) is 29.9 Å². The van der Waals surface area contributed by atoms with E-state index in [1.54, 1.807) is 23.1 Å². The Morgan fingerprint density at radius 2 is 2.11 bits per heavy atom. The van der Waals surface area contributed by atoms with E-state index in [1.165, 1.54) is 15.3 Å². The zero-order chi connectivity index (χ0) is 13.0. The van der Waals surface area contributed by atoms with Gasteiger partial charge in [-0.1, -0.05) is 29.8 Å². The molecule has 1 aromatic carbocycles. The lowest BCUT2D eigenvalue weighted by Gasteiger charge is -2.18. The first kappa shape index (κ1) is 13.9. The first-order valence-corrected chi connectivity index (χ1v) is 7.99. The summed E-state index contributed by atoms with van der Waals surface area (Å²) in [5.41, 5.74) is 4.13. The molecule has 0 saturated heterocycles. The van der Waals surface area contributed by atoms with Crippen LogP contribution in [0.15, 0.2) is 41.3 Å². The second-order valence-corrected chi connectivity index (χ2v) is 6.52. The standard InChI is InChI=1S/C13H15ClN2S2/c1-17-12-5-3-2-4-10(12)11(16-15)8-9-6-7-13(14)18-9/h2-7,11,16H,8,15H2,1H3. The number of hydrazine groups is 1. The quantitative estimate of drug-likeness (QED) is 0.500. The molecule has 1 heterocycles. The fraction of sp³-hybridized carbons (Fsp3) is 0.231. The zero-order valence-electron chi connectivity index (χ0n) is 10.0. The molecule has 2 nitrogen and oxygen atoms in total. The Hall–Kier alpha value is -0.520. The Kier molecular flexibility index (Phi) is 5.09. The third-order valence-corrected chi connectivity index (χ3v) is 4.81. The molecule has 1 aromatic heterocycles. The van der Waals surface area contributed by atoms with Crippen LogP contribution in [-0.4, -0.2) is 6.26 Å². The molecule has 5 heteroatoms. The van der Waals surface area contributed by atoms with E-state index in [0.29, 0.717) is 0 Å². The maximum Gasteiger partial charge on any atom is 0.0931 e. The van der Waals surface area contributed by atoms with Crippen molar-refractivity contribution in [1.29, 1.82) is 0 Å². The molecule has 3 N–H and O–H groups in total. The number of benzene rings is 1. The fourth-order valence-electron chi connectivity index (χ4n) is 1.88. The van der Waals surface area contributed by atoms with Gasteiger partial charge in [-0.25, -0.2) is 0 Å². The summed E-state index contributed by atoms with van der Waals surface area (Å²) in [6, 6.07) is 12.4. The molecule has 2 rings (SSSR count). The maximum atomic E-state index is 5.95. The third-order valence-electron chi connectivity index (χ3n) is 2.75. The molecule has 96 valence electrons. The van der Waals surface area contributed by atoms with Crippen LogP contribution in [0.4, 0.5) is 0 Å². The van der Waals surface area contributed by atoms with E-state index in [4.69, 9.17) is 17.4 Å². The van der Waals surface area contributed by atoms with E-state index < -0.39 is 0 Å². The Labute approximate surface area is 121 Å². The minimum Gasteiger partial charge on any atom is -0.271 e. The van der Waals surface area contributed by atoms with Gasteiger partial charge >= 0.3 is 0 Å². The molecule has 0 aliphatic heterocycles. The first-order chi connectivity index (χ1) is 8.74. The molecule has 0 aliphatic carbocycles. The van der Waals surface area contributed by atoms with Crippen LogP contribution in [0, 0.1) is 0 Å². The monoisotopic (exact) mass is 298 g/mol. The van der Waals surface area contributed by atoms with Crippen molar-refractivity contribution in [2.24, 2.45) is 5.84 Å². The van der Waals surface area contributed by atoms with Crippen LogP contribution in [0.25, 0.3) is 0 Å². The molecule has 0 radical (unpaired) electrons. The maximum absolute atomic E-state index is 5.95. The molecule has 0 bridgehead atoms. The highest BCUT2D eigenvalue weighted by Gasteiger charge is 2.14. The van der Waals surface area contributed by atoms with Crippen LogP contribution < -0.4 is 11.3 Å². The molecule has 0 amide bonds. The second kappa shape index (κ2) is 6.59. The van der Waals surface area contributed by atoms with Crippen molar-refractivity contribution in [2.45, 2.75) is 17.4 Å². The van der Waals surface area contributed by atoms with E-state index in [0.717, 1.165) is 10.8 Å². The first-order valence-electron chi connectivity index (χ1n) is 5.58. The Balaban J connectivity index is 2.22. The number of rotatable bonds is 5. The molecule has 1 atom stereocenters. The Bertz CT molecular complexity index is 513. The van der Waals surface area contributed by atoms with Gasteiger partial charge in [0.15, 0.2) is 0 Å². The number of hydrogen-bond acceptors (Lipinski definition) is 4. The summed E-state index contributed by atoms with van der Waals surface area (Å²) in [6.07, 6.45) is 2.93. The lowest BCUT2D eigenvalue weighted by atomic mass is 10.0. The van der Waals surface area contributed by atoms with Gasteiger partial charge in [-0.05, 0) is 30.0 Å². The normalized spacial score (nSPS) is 12.6. The van der Waals surface area contributed by atoms with Gasteiger partial charge in [0.25, 0.3) is 0 Å². The van der Waals surface area contributed by atoms with Crippen LogP contribution in [0.5, 0.6) is 0 Å². The van der Waals surface area contributed by atoms with Crippen LogP contribution in [0.2, 0.25) is 4.34 Å². The lowest BCUT2D eigenvalue weighted by molar-refractivity contribution is 0.548. The highest BCUT2D eigenvalue weighted by Crippen LogP contribution is 2.30. The largest absolute Gasteiger partial charge is 0.271 e. The lowest BCUT2D eigenvalue weighted by Crippen LogP contribution is -2.29. The van der Waals surface area contributed by atoms with Gasteiger partial charge in [0.1, 0.15) is 0 Å². The Morgan fingerprint density at radius 3 is 2.72 bits per heavy atom. The summed E-state index contributed by atoms with van der Waals surface area (Å²) in [7, 11) is 0. The van der Waals surface area contributed by atoms with E-state index in [-0.39, 0.29) is 6.04 Å². The highest BCUT2D eigenvalue weighted by molar-refractivity contribution is 7.98. The summed E-state index contributed by atoms with van der Waals surface area (Å²) < 4.78 is 0.818. The van der Waals surface area contributed by atoms with Crippen molar-refractivity contribution in [2.75, 3.05) is 6.26 Å². The molecular weight excluding hydrogens is 284 g/mol. The minimum atomic E-state index is 0.114. The Morgan fingerprint density at radius 1 is 1.33 bits per heavy atom. The van der Waals surface area contributed by atoms with Crippen molar-refractivity contribution >= 4 is 34.7 Å². The topological polar surface area (TPSA) is 38.0 Å². The van der Waals surface area contributed by atoms with Gasteiger partial charge in [0.05, 0.1) is 10.4 Å². The number of thioether (sulfide) groups is 1. The fourth-order valence-corrected chi connectivity index (χ4v) is 3.67.